The van der Waals surface area contributed by atoms with Crippen LogP contribution in [0.2, 0.25) is 0 Å². The monoisotopic (exact) mass is 286 g/mol. The Morgan fingerprint density at radius 3 is 2.52 bits per heavy atom. The highest BCUT2D eigenvalue weighted by molar-refractivity contribution is 5.83. The first kappa shape index (κ1) is 13.7. The molecule has 1 saturated carbocycles. The van der Waals surface area contributed by atoms with E-state index in [1.54, 1.807) is 18.5 Å². The molecule has 21 heavy (non-hydrogen) atoms. The zero-order valence-corrected chi connectivity index (χ0v) is 11.7. The van der Waals surface area contributed by atoms with Gasteiger partial charge in [-0.15, -0.1) is 0 Å². The third-order valence-corrected chi connectivity index (χ3v) is 4.07. The van der Waals surface area contributed by atoms with E-state index < -0.39 is 11.5 Å². The average molecular weight is 286 g/mol. The summed E-state index contributed by atoms with van der Waals surface area (Å²) in [6.07, 6.45) is 8.48. The fourth-order valence-corrected chi connectivity index (χ4v) is 2.89. The van der Waals surface area contributed by atoms with Gasteiger partial charge in [0.1, 0.15) is 16.9 Å². The average Bonchev–Trinajstić information content (AvgIpc) is 2.74. The maximum absolute atomic E-state index is 11.8. The van der Waals surface area contributed by atoms with Gasteiger partial charge >= 0.3 is 5.97 Å². The van der Waals surface area contributed by atoms with Gasteiger partial charge in [-0.2, -0.15) is 0 Å². The Morgan fingerprint density at radius 2 is 1.81 bits per heavy atom. The smallest absolute Gasteiger partial charge is 0.329 e. The number of fused-ring (bicyclic) bond motifs is 1. The molecule has 0 atom stereocenters. The van der Waals surface area contributed by atoms with Crippen LogP contribution in [0.4, 0.5) is 5.82 Å². The molecule has 0 spiro atoms. The molecule has 6 nitrogen and oxygen atoms in total. The molecule has 1 aliphatic carbocycles. The second kappa shape index (κ2) is 5.63. The minimum absolute atomic E-state index is 0.525. The van der Waals surface area contributed by atoms with Crippen LogP contribution in [0.15, 0.2) is 24.5 Å². The number of carboxylic acid groups (broad SMARTS) is 1. The first-order valence-corrected chi connectivity index (χ1v) is 7.29. The second-order valence-electron chi connectivity index (χ2n) is 5.52. The zero-order chi connectivity index (χ0) is 14.7. The molecule has 2 aromatic heterocycles. The normalized spacial score (nSPS) is 18.1. The van der Waals surface area contributed by atoms with E-state index in [4.69, 9.17) is 0 Å². The van der Waals surface area contributed by atoms with Crippen LogP contribution in [-0.4, -0.2) is 31.6 Å². The van der Waals surface area contributed by atoms with E-state index in [1.165, 1.54) is 0 Å². The number of pyridine rings is 1. The van der Waals surface area contributed by atoms with Crippen LogP contribution < -0.4 is 5.32 Å². The van der Waals surface area contributed by atoms with E-state index in [2.05, 4.69) is 20.3 Å². The summed E-state index contributed by atoms with van der Waals surface area (Å²) < 4.78 is 0. The third kappa shape index (κ3) is 2.79. The van der Waals surface area contributed by atoms with Gasteiger partial charge in [-0.25, -0.2) is 14.8 Å². The van der Waals surface area contributed by atoms with Crippen molar-refractivity contribution in [3.05, 3.63) is 24.5 Å². The number of hydrogen-bond donors (Lipinski definition) is 2. The largest absolute Gasteiger partial charge is 0.480 e. The van der Waals surface area contributed by atoms with Crippen molar-refractivity contribution >= 4 is 23.0 Å². The van der Waals surface area contributed by atoms with Crippen LogP contribution in [0.1, 0.15) is 38.5 Å². The Kier molecular flexibility index (Phi) is 3.68. The number of aromatic nitrogens is 3. The van der Waals surface area contributed by atoms with Gasteiger partial charge in [0.05, 0.1) is 0 Å². The van der Waals surface area contributed by atoms with E-state index in [0.29, 0.717) is 29.8 Å². The number of anilines is 1. The van der Waals surface area contributed by atoms with Crippen LogP contribution >= 0.6 is 0 Å². The highest BCUT2D eigenvalue weighted by Gasteiger charge is 2.38. The molecule has 1 fully saturated rings. The first-order chi connectivity index (χ1) is 10.2. The summed E-state index contributed by atoms with van der Waals surface area (Å²) in [6, 6.07) is 3.58. The summed E-state index contributed by atoms with van der Waals surface area (Å²) in [5.74, 6) is -0.252. The first-order valence-electron chi connectivity index (χ1n) is 7.29. The number of aliphatic carboxylic acids is 1. The number of hydrogen-bond acceptors (Lipinski definition) is 5. The molecule has 0 aromatic carbocycles. The SMILES string of the molecule is O=C(O)C1(Nc2ccc3nccnc3n2)CCCCCC1. The molecule has 0 unspecified atom stereocenters. The number of rotatable bonds is 3. The summed E-state index contributed by atoms with van der Waals surface area (Å²) in [4.78, 5) is 24.5. The van der Waals surface area contributed by atoms with Crippen LogP contribution in [0.5, 0.6) is 0 Å². The highest BCUT2D eigenvalue weighted by Crippen LogP contribution is 2.30. The van der Waals surface area contributed by atoms with Gasteiger partial charge in [-0.1, -0.05) is 25.7 Å². The lowest BCUT2D eigenvalue weighted by Gasteiger charge is -2.29. The van der Waals surface area contributed by atoms with E-state index >= 15 is 0 Å². The van der Waals surface area contributed by atoms with Crippen molar-refractivity contribution in [3.8, 4) is 0 Å². The quantitative estimate of drug-likeness (QED) is 0.843. The zero-order valence-electron chi connectivity index (χ0n) is 11.7. The van der Waals surface area contributed by atoms with Crippen molar-refractivity contribution in [2.45, 2.75) is 44.1 Å². The van der Waals surface area contributed by atoms with Gasteiger partial charge in [0.2, 0.25) is 0 Å². The van der Waals surface area contributed by atoms with Crippen molar-refractivity contribution in [2.75, 3.05) is 5.32 Å². The predicted octanol–water partition coefficient (Wildman–Crippen LogP) is 2.61. The van der Waals surface area contributed by atoms with Crippen molar-refractivity contribution in [2.24, 2.45) is 0 Å². The molecule has 0 bridgehead atoms. The molecular weight excluding hydrogens is 268 g/mol. The van der Waals surface area contributed by atoms with Gasteiger partial charge in [0.15, 0.2) is 5.65 Å². The molecule has 1 aliphatic rings. The van der Waals surface area contributed by atoms with Crippen molar-refractivity contribution in [1.29, 1.82) is 0 Å². The Labute approximate surface area is 122 Å². The molecule has 0 saturated heterocycles. The lowest BCUT2D eigenvalue weighted by Crippen LogP contribution is -2.46. The highest BCUT2D eigenvalue weighted by atomic mass is 16.4. The van der Waals surface area contributed by atoms with Gasteiger partial charge in [-0.3, -0.25) is 4.98 Å². The lowest BCUT2D eigenvalue weighted by atomic mass is 9.90. The molecular formula is C15H18N4O2. The molecule has 2 aromatic rings. The van der Waals surface area contributed by atoms with Crippen LogP contribution in [0.3, 0.4) is 0 Å². The Bertz CT molecular complexity index is 651. The Balaban J connectivity index is 1.91. The van der Waals surface area contributed by atoms with Crippen LogP contribution in [-0.2, 0) is 4.79 Å². The third-order valence-electron chi connectivity index (χ3n) is 4.07. The molecule has 110 valence electrons. The Morgan fingerprint density at radius 1 is 1.10 bits per heavy atom. The minimum atomic E-state index is -0.917. The summed E-state index contributed by atoms with van der Waals surface area (Å²) in [5, 5.41) is 12.8. The van der Waals surface area contributed by atoms with E-state index in [9.17, 15) is 9.90 Å². The number of nitrogens with one attached hydrogen (secondary N) is 1. The standard InChI is InChI=1S/C15H18N4O2/c20-14(21)15(7-3-1-2-4-8-15)19-12-6-5-11-13(18-12)17-10-9-16-11/h5-6,9-10H,1-4,7-8H2,(H,20,21)(H,17,18,19). The lowest BCUT2D eigenvalue weighted by molar-refractivity contribution is -0.142. The van der Waals surface area contributed by atoms with Gasteiger partial charge in [0, 0.05) is 12.4 Å². The fourth-order valence-electron chi connectivity index (χ4n) is 2.89. The Hall–Kier alpha value is -2.24. The van der Waals surface area contributed by atoms with E-state index in [1.807, 2.05) is 6.07 Å². The minimum Gasteiger partial charge on any atom is -0.480 e. The van der Waals surface area contributed by atoms with E-state index in [0.717, 1.165) is 25.7 Å². The molecule has 0 amide bonds. The molecule has 3 rings (SSSR count). The molecule has 0 aliphatic heterocycles. The predicted molar refractivity (Wildman–Crippen MR) is 79.0 cm³/mol. The summed E-state index contributed by atoms with van der Waals surface area (Å²) in [5.41, 5.74) is 0.310. The number of carboxylic acids is 1. The van der Waals surface area contributed by atoms with Gasteiger partial charge in [-0.05, 0) is 25.0 Å². The van der Waals surface area contributed by atoms with Crippen LogP contribution in [0.25, 0.3) is 11.2 Å². The topological polar surface area (TPSA) is 88.0 Å². The van der Waals surface area contributed by atoms with Crippen molar-refractivity contribution in [3.63, 3.8) is 0 Å². The fraction of sp³-hybridized carbons (Fsp3) is 0.467. The van der Waals surface area contributed by atoms with Crippen molar-refractivity contribution in [1.82, 2.24) is 15.0 Å². The van der Waals surface area contributed by atoms with Crippen LogP contribution in [0, 0.1) is 0 Å². The van der Waals surface area contributed by atoms with Gasteiger partial charge in [0.25, 0.3) is 0 Å². The van der Waals surface area contributed by atoms with E-state index in [-0.39, 0.29) is 0 Å². The summed E-state index contributed by atoms with van der Waals surface area (Å²) >= 11 is 0. The second-order valence-corrected chi connectivity index (χ2v) is 5.52. The molecule has 0 radical (unpaired) electrons. The van der Waals surface area contributed by atoms with Gasteiger partial charge < -0.3 is 10.4 Å². The molecule has 2 N–H and O–H groups in total. The summed E-state index contributed by atoms with van der Waals surface area (Å²) in [6.45, 7) is 0. The van der Waals surface area contributed by atoms with Crippen molar-refractivity contribution < 1.29 is 9.90 Å². The summed E-state index contributed by atoms with van der Waals surface area (Å²) in [7, 11) is 0. The maximum Gasteiger partial charge on any atom is 0.329 e. The molecule has 6 heteroatoms. The number of carbonyl (C=O) groups is 1. The number of nitrogens with zero attached hydrogens (tertiary/aromatic N) is 3. The maximum atomic E-state index is 11.8. The molecule has 2 heterocycles.